The Balaban J connectivity index is 2.51. The maximum atomic E-state index is 9.01. The first-order valence-electron chi connectivity index (χ1n) is 5.93. The number of ether oxygens (including phenoxy) is 1. The van der Waals surface area contributed by atoms with Crippen LogP contribution in [0.3, 0.4) is 0 Å². The van der Waals surface area contributed by atoms with Crippen molar-refractivity contribution in [3.8, 4) is 0 Å². The van der Waals surface area contributed by atoms with Gasteiger partial charge in [0.25, 0.3) is 0 Å². The first kappa shape index (κ1) is 15.8. The summed E-state index contributed by atoms with van der Waals surface area (Å²) < 4.78 is 4.96. The summed E-state index contributed by atoms with van der Waals surface area (Å²) in [7, 11) is 1.68. The van der Waals surface area contributed by atoms with Crippen LogP contribution in [-0.4, -0.2) is 37.2 Å². The van der Waals surface area contributed by atoms with Gasteiger partial charge in [0.05, 0.1) is 13.2 Å². The maximum absolute atomic E-state index is 9.01. The van der Waals surface area contributed by atoms with Gasteiger partial charge in [-0.25, -0.2) is 0 Å². The van der Waals surface area contributed by atoms with Crippen LogP contribution in [0.25, 0.3) is 0 Å². The Morgan fingerprint density at radius 3 is 2.89 bits per heavy atom. The number of aliphatic hydroxyl groups is 1. The molecule has 2 N–H and O–H groups in total. The highest BCUT2D eigenvalue weighted by molar-refractivity contribution is 8.00. The van der Waals surface area contributed by atoms with Gasteiger partial charge in [0.15, 0.2) is 0 Å². The molecule has 0 saturated heterocycles. The third-order valence-corrected chi connectivity index (χ3v) is 3.85. The fourth-order valence-electron chi connectivity index (χ4n) is 1.41. The highest BCUT2D eigenvalue weighted by atomic mass is 35.5. The van der Waals surface area contributed by atoms with E-state index in [1.54, 1.807) is 18.9 Å². The van der Waals surface area contributed by atoms with Gasteiger partial charge in [0.2, 0.25) is 0 Å². The number of thioether (sulfide) groups is 1. The van der Waals surface area contributed by atoms with E-state index in [1.165, 1.54) is 0 Å². The molecule has 5 heteroatoms. The molecule has 1 unspecified atom stereocenters. The minimum atomic E-state index is 0.169. The molecule has 0 fully saturated rings. The van der Waals surface area contributed by atoms with E-state index >= 15 is 0 Å². The SMILES string of the molecule is COCCNCc1ccc(SC(C)CO)cc1Cl. The topological polar surface area (TPSA) is 41.5 Å². The number of hydrogen-bond donors (Lipinski definition) is 2. The fourth-order valence-corrected chi connectivity index (χ4v) is 2.60. The Hall–Kier alpha value is -0.260. The van der Waals surface area contributed by atoms with E-state index in [9.17, 15) is 0 Å². The van der Waals surface area contributed by atoms with Gasteiger partial charge in [-0.2, -0.15) is 0 Å². The van der Waals surface area contributed by atoms with Crippen molar-refractivity contribution >= 4 is 23.4 Å². The van der Waals surface area contributed by atoms with Gasteiger partial charge in [-0.15, -0.1) is 11.8 Å². The summed E-state index contributed by atoms with van der Waals surface area (Å²) in [5, 5.41) is 13.2. The molecule has 0 radical (unpaired) electrons. The van der Waals surface area contributed by atoms with Crippen molar-refractivity contribution in [2.24, 2.45) is 0 Å². The van der Waals surface area contributed by atoms with E-state index in [0.717, 1.165) is 28.6 Å². The summed E-state index contributed by atoms with van der Waals surface area (Å²) in [6.45, 7) is 4.40. The van der Waals surface area contributed by atoms with Crippen LogP contribution in [0.5, 0.6) is 0 Å². The normalized spacial score (nSPS) is 12.7. The van der Waals surface area contributed by atoms with E-state index in [0.29, 0.717) is 6.61 Å². The summed E-state index contributed by atoms with van der Waals surface area (Å²) in [5.74, 6) is 0. The predicted octanol–water partition coefficient (Wildman–Crippen LogP) is 2.55. The van der Waals surface area contributed by atoms with Crippen molar-refractivity contribution in [3.63, 3.8) is 0 Å². The third kappa shape index (κ3) is 5.59. The Morgan fingerprint density at radius 2 is 2.28 bits per heavy atom. The van der Waals surface area contributed by atoms with E-state index in [1.807, 2.05) is 25.1 Å². The van der Waals surface area contributed by atoms with Gasteiger partial charge in [-0.05, 0) is 17.7 Å². The zero-order valence-electron chi connectivity index (χ0n) is 10.8. The van der Waals surface area contributed by atoms with Gasteiger partial charge >= 0.3 is 0 Å². The lowest BCUT2D eigenvalue weighted by atomic mass is 10.2. The smallest absolute Gasteiger partial charge is 0.0587 e. The van der Waals surface area contributed by atoms with Crippen molar-refractivity contribution in [3.05, 3.63) is 28.8 Å². The first-order valence-corrected chi connectivity index (χ1v) is 7.18. The van der Waals surface area contributed by atoms with Crippen molar-refractivity contribution in [2.75, 3.05) is 26.9 Å². The van der Waals surface area contributed by atoms with Gasteiger partial charge in [0, 0.05) is 35.4 Å². The lowest BCUT2D eigenvalue weighted by Crippen LogP contribution is -2.18. The van der Waals surface area contributed by atoms with Gasteiger partial charge in [-0.3, -0.25) is 0 Å². The number of benzene rings is 1. The molecule has 1 atom stereocenters. The Labute approximate surface area is 118 Å². The molecule has 0 saturated carbocycles. The van der Waals surface area contributed by atoms with Crippen molar-refractivity contribution < 1.29 is 9.84 Å². The summed E-state index contributed by atoms with van der Waals surface area (Å²) in [6, 6.07) is 6.01. The van der Waals surface area contributed by atoms with Gasteiger partial charge in [-0.1, -0.05) is 24.6 Å². The molecule has 0 aliphatic heterocycles. The number of halogens is 1. The highest BCUT2D eigenvalue weighted by Gasteiger charge is 2.06. The average molecular weight is 290 g/mol. The molecule has 0 heterocycles. The summed E-state index contributed by atoms with van der Waals surface area (Å²) in [4.78, 5) is 1.09. The molecule has 0 amide bonds. The van der Waals surface area contributed by atoms with E-state index in [4.69, 9.17) is 21.4 Å². The van der Waals surface area contributed by atoms with Crippen LogP contribution >= 0.6 is 23.4 Å². The molecule has 1 aromatic rings. The Bertz CT molecular complexity index is 363. The molecule has 0 aliphatic carbocycles. The molecule has 0 spiro atoms. The second-order valence-electron chi connectivity index (χ2n) is 4.03. The number of methoxy groups -OCH3 is 1. The van der Waals surface area contributed by atoms with E-state index in [-0.39, 0.29) is 11.9 Å². The second kappa shape index (κ2) is 8.77. The lowest BCUT2D eigenvalue weighted by Gasteiger charge is -2.10. The Morgan fingerprint density at radius 1 is 1.50 bits per heavy atom. The van der Waals surface area contributed by atoms with Crippen molar-refractivity contribution in [2.45, 2.75) is 23.6 Å². The van der Waals surface area contributed by atoms with Crippen LogP contribution < -0.4 is 5.32 Å². The van der Waals surface area contributed by atoms with Crippen LogP contribution in [0.2, 0.25) is 5.02 Å². The molecule has 0 bridgehead atoms. The quantitative estimate of drug-likeness (QED) is 0.570. The largest absolute Gasteiger partial charge is 0.395 e. The molecular formula is C13H20ClNO2S. The first-order chi connectivity index (χ1) is 8.67. The molecule has 3 nitrogen and oxygen atoms in total. The molecule has 0 aliphatic rings. The van der Waals surface area contributed by atoms with Crippen molar-refractivity contribution in [1.29, 1.82) is 0 Å². The number of rotatable bonds is 8. The standard InChI is InChI=1S/C13H20ClNO2S/c1-10(9-16)18-12-4-3-11(13(14)7-12)8-15-5-6-17-2/h3-4,7,10,15-16H,5-6,8-9H2,1-2H3. The average Bonchev–Trinajstić information content (AvgIpc) is 2.36. The lowest BCUT2D eigenvalue weighted by molar-refractivity contribution is 0.199. The zero-order valence-corrected chi connectivity index (χ0v) is 12.4. The molecular weight excluding hydrogens is 270 g/mol. The van der Waals surface area contributed by atoms with E-state index in [2.05, 4.69) is 5.32 Å². The predicted molar refractivity (Wildman–Crippen MR) is 77.4 cm³/mol. The summed E-state index contributed by atoms with van der Waals surface area (Å²) in [5.41, 5.74) is 1.08. The van der Waals surface area contributed by atoms with Gasteiger partial charge in [0.1, 0.15) is 0 Å². The molecule has 18 heavy (non-hydrogen) atoms. The monoisotopic (exact) mass is 289 g/mol. The van der Waals surface area contributed by atoms with Crippen molar-refractivity contribution in [1.82, 2.24) is 5.32 Å². The third-order valence-electron chi connectivity index (χ3n) is 2.42. The molecule has 0 aromatic heterocycles. The second-order valence-corrected chi connectivity index (χ2v) is 5.95. The number of aliphatic hydroxyl groups excluding tert-OH is 1. The molecule has 1 rings (SSSR count). The van der Waals surface area contributed by atoms with Crippen LogP contribution in [0, 0.1) is 0 Å². The zero-order chi connectivity index (χ0) is 13.4. The molecule has 1 aromatic carbocycles. The van der Waals surface area contributed by atoms with Crippen LogP contribution in [0.15, 0.2) is 23.1 Å². The Kier molecular flexibility index (Phi) is 7.70. The molecule has 102 valence electrons. The number of hydrogen-bond acceptors (Lipinski definition) is 4. The summed E-state index contributed by atoms with van der Waals surface area (Å²) >= 11 is 7.85. The minimum Gasteiger partial charge on any atom is -0.395 e. The van der Waals surface area contributed by atoms with Crippen LogP contribution in [0.4, 0.5) is 0 Å². The fraction of sp³-hybridized carbons (Fsp3) is 0.538. The maximum Gasteiger partial charge on any atom is 0.0587 e. The highest BCUT2D eigenvalue weighted by Crippen LogP contribution is 2.27. The van der Waals surface area contributed by atoms with E-state index < -0.39 is 0 Å². The summed E-state index contributed by atoms with van der Waals surface area (Å²) in [6.07, 6.45) is 0. The van der Waals surface area contributed by atoms with Gasteiger partial charge < -0.3 is 15.2 Å². The number of nitrogens with one attached hydrogen (secondary N) is 1. The van der Waals surface area contributed by atoms with Crippen LogP contribution in [0.1, 0.15) is 12.5 Å². The minimum absolute atomic E-state index is 0.169. The van der Waals surface area contributed by atoms with Crippen LogP contribution in [-0.2, 0) is 11.3 Å².